The molecule has 2 atom stereocenters. The molecule has 0 bridgehead atoms. The Morgan fingerprint density at radius 2 is 1.32 bits per heavy atom. The zero-order valence-corrected chi connectivity index (χ0v) is 17.7. The van der Waals surface area contributed by atoms with E-state index < -0.39 is 0 Å². The van der Waals surface area contributed by atoms with Gasteiger partial charge in [0.15, 0.2) is 0 Å². The van der Waals surface area contributed by atoms with E-state index in [1.165, 1.54) is 4.90 Å². The van der Waals surface area contributed by atoms with Gasteiger partial charge in [0.2, 0.25) is 0 Å². The number of hydrogen-bond acceptors (Lipinski definition) is 3. The van der Waals surface area contributed by atoms with E-state index in [-0.39, 0.29) is 30.6 Å². The number of nitrogens with zero attached hydrogens (tertiary/aromatic N) is 3. The first-order valence-corrected chi connectivity index (χ1v) is 10.4. The molecule has 3 aromatic rings. The van der Waals surface area contributed by atoms with E-state index in [9.17, 15) is 9.59 Å². The van der Waals surface area contributed by atoms with E-state index in [0.717, 1.165) is 22.4 Å². The summed E-state index contributed by atoms with van der Waals surface area (Å²) in [5, 5.41) is 0. The van der Waals surface area contributed by atoms with Crippen LogP contribution in [0.3, 0.4) is 0 Å². The van der Waals surface area contributed by atoms with Crippen LogP contribution in [0.15, 0.2) is 96.0 Å². The molecule has 0 spiro atoms. The number of likely N-dealkylation sites (N-methyl/N-ethyl adjacent to an activating group) is 1. The van der Waals surface area contributed by atoms with Crippen molar-refractivity contribution < 1.29 is 9.59 Å². The van der Waals surface area contributed by atoms with Crippen LogP contribution in [0.1, 0.15) is 29.7 Å². The third-order valence-electron chi connectivity index (χ3n) is 5.73. The summed E-state index contributed by atoms with van der Waals surface area (Å²) in [5.41, 5.74) is 3.54. The van der Waals surface area contributed by atoms with Gasteiger partial charge in [-0.25, -0.2) is 4.79 Å². The summed E-state index contributed by atoms with van der Waals surface area (Å²) in [4.78, 5) is 33.8. The molecule has 1 aliphatic rings. The number of urea groups is 1. The number of aliphatic imine (C=N–C) groups is 1. The van der Waals surface area contributed by atoms with Crippen molar-refractivity contribution in [2.75, 3.05) is 13.6 Å². The zero-order chi connectivity index (χ0) is 21.8. The Balaban J connectivity index is 1.66. The lowest BCUT2D eigenvalue weighted by Gasteiger charge is -2.23. The second kappa shape index (κ2) is 8.96. The smallest absolute Gasteiger partial charge is 0.322 e. The molecule has 0 aliphatic carbocycles. The van der Waals surface area contributed by atoms with Gasteiger partial charge in [0.05, 0.1) is 17.8 Å². The van der Waals surface area contributed by atoms with Crippen LogP contribution in [0, 0.1) is 0 Å². The summed E-state index contributed by atoms with van der Waals surface area (Å²) in [6.07, 6.45) is 0. The van der Waals surface area contributed by atoms with Gasteiger partial charge in [-0.1, -0.05) is 91.0 Å². The second-order valence-corrected chi connectivity index (χ2v) is 7.65. The summed E-state index contributed by atoms with van der Waals surface area (Å²) in [5.74, 6) is -0.306. The fourth-order valence-electron chi connectivity index (χ4n) is 3.99. The van der Waals surface area contributed by atoms with E-state index in [0.29, 0.717) is 0 Å². The van der Waals surface area contributed by atoms with Gasteiger partial charge in [0, 0.05) is 18.2 Å². The Labute approximate surface area is 182 Å². The number of amides is 3. The van der Waals surface area contributed by atoms with Gasteiger partial charge < -0.3 is 4.90 Å². The largest absolute Gasteiger partial charge is 0.327 e. The molecule has 0 saturated carbocycles. The van der Waals surface area contributed by atoms with Gasteiger partial charge in [-0.2, -0.15) is 0 Å². The number of carbonyl (C=O) groups is 2. The van der Waals surface area contributed by atoms with E-state index in [1.807, 2.05) is 97.9 Å². The van der Waals surface area contributed by atoms with Crippen LogP contribution in [-0.2, 0) is 4.79 Å². The number of rotatable bonds is 5. The molecular formula is C26H25N3O2. The highest BCUT2D eigenvalue weighted by Crippen LogP contribution is 2.34. The predicted octanol–water partition coefficient (Wildman–Crippen LogP) is 4.55. The predicted molar refractivity (Wildman–Crippen MR) is 122 cm³/mol. The minimum Gasteiger partial charge on any atom is -0.322 e. The monoisotopic (exact) mass is 411 g/mol. The van der Waals surface area contributed by atoms with Crippen molar-refractivity contribution in [1.82, 2.24) is 9.80 Å². The Morgan fingerprint density at radius 3 is 1.84 bits per heavy atom. The van der Waals surface area contributed by atoms with Crippen molar-refractivity contribution in [3.05, 3.63) is 108 Å². The van der Waals surface area contributed by atoms with E-state index >= 15 is 0 Å². The van der Waals surface area contributed by atoms with Crippen LogP contribution in [0.25, 0.3) is 0 Å². The molecule has 0 aromatic heterocycles. The van der Waals surface area contributed by atoms with Gasteiger partial charge >= 0.3 is 6.03 Å². The van der Waals surface area contributed by atoms with Gasteiger partial charge in [-0.05, 0) is 12.5 Å². The molecule has 156 valence electrons. The van der Waals surface area contributed by atoms with Crippen LogP contribution in [0.2, 0.25) is 0 Å². The molecule has 5 nitrogen and oxygen atoms in total. The molecule has 0 unspecified atom stereocenters. The summed E-state index contributed by atoms with van der Waals surface area (Å²) in [6, 6.07) is 28.5. The lowest BCUT2D eigenvalue weighted by molar-refractivity contribution is -0.127. The van der Waals surface area contributed by atoms with Crippen molar-refractivity contribution in [1.29, 1.82) is 0 Å². The lowest BCUT2D eigenvalue weighted by Crippen LogP contribution is -2.38. The number of carbonyl (C=O) groups excluding carboxylic acids is 2. The summed E-state index contributed by atoms with van der Waals surface area (Å²) < 4.78 is 0. The van der Waals surface area contributed by atoms with Crippen LogP contribution in [0.5, 0.6) is 0 Å². The minimum atomic E-state index is -0.335. The average Bonchev–Trinajstić information content (AvgIpc) is 3.05. The molecule has 1 heterocycles. The van der Waals surface area contributed by atoms with E-state index in [4.69, 9.17) is 0 Å². The minimum absolute atomic E-state index is 0.102. The number of imide groups is 1. The highest BCUT2D eigenvalue weighted by Gasteiger charge is 2.45. The summed E-state index contributed by atoms with van der Waals surface area (Å²) in [7, 11) is 1.73. The maximum absolute atomic E-state index is 13.3. The van der Waals surface area contributed by atoms with E-state index in [2.05, 4.69) is 4.99 Å². The molecule has 1 fully saturated rings. The first kappa shape index (κ1) is 20.5. The first-order valence-electron chi connectivity index (χ1n) is 10.4. The Hall–Kier alpha value is -3.73. The molecule has 4 rings (SSSR count). The highest BCUT2D eigenvalue weighted by atomic mass is 16.2. The van der Waals surface area contributed by atoms with Crippen molar-refractivity contribution in [2.45, 2.75) is 19.0 Å². The zero-order valence-electron chi connectivity index (χ0n) is 17.7. The van der Waals surface area contributed by atoms with Crippen molar-refractivity contribution in [2.24, 2.45) is 4.99 Å². The molecule has 0 N–H and O–H groups in total. The van der Waals surface area contributed by atoms with Crippen molar-refractivity contribution in [3.8, 4) is 0 Å². The summed E-state index contributed by atoms with van der Waals surface area (Å²) in [6.45, 7) is 1.86. The topological polar surface area (TPSA) is 53.0 Å². The molecule has 3 amide bonds. The van der Waals surface area contributed by atoms with Crippen molar-refractivity contribution in [3.63, 3.8) is 0 Å². The first-order chi connectivity index (χ1) is 15.1. The summed E-state index contributed by atoms with van der Waals surface area (Å²) >= 11 is 0. The average molecular weight is 412 g/mol. The van der Waals surface area contributed by atoms with Gasteiger partial charge in [0.25, 0.3) is 5.91 Å². The number of hydrogen-bond donors (Lipinski definition) is 0. The normalized spacial score (nSPS) is 18.2. The third-order valence-corrected chi connectivity index (χ3v) is 5.73. The van der Waals surface area contributed by atoms with Crippen LogP contribution < -0.4 is 0 Å². The quantitative estimate of drug-likeness (QED) is 0.579. The maximum Gasteiger partial charge on any atom is 0.327 e. The molecule has 31 heavy (non-hydrogen) atoms. The van der Waals surface area contributed by atoms with Crippen LogP contribution in [-0.4, -0.2) is 47.1 Å². The fraction of sp³-hybridized carbons (Fsp3) is 0.192. The molecule has 3 aromatic carbocycles. The third kappa shape index (κ3) is 4.12. The highest BCUT2D eigenvalue weighted by molar-refractivity contribution is 6.13. The standard InChI is InChI=1S/C26H25N3O2/c1-19-25(22-16-10-5-11-17-22)29(26(31)28(19)2)23(30)18-27-24(20-12-6-3-7-13-20)21-14-8-4-9-15-21/h3-17,19,25H,18H2,1-2H3/t19-,25-/m0/s1. The Bertz CT molecular complexity index is 1040. The van der Waals surface area contributed by atoms with Crippen LogP contribution in [0.4, 0.5) is 4.79 Å². The molecule has 1 saturated heterocycles. The van der Waals surface area contributed by atoms with Gasteiger partial charge in [0.1, 0.15) is 6.54 Å². The van der Waals surface area contributed by atoms with Crippen LogP contribution >= 0.6 is 0 Å². The Kier molecular flexibility index (Phi) is 5.94. The molecular weight excluding hydrogens is 386 g/mol. The second-order valence-electron chi connectivity index (χ2n) is 7.65. The molecule has 0 radical (unpaired) electrons. The molecule has 5 heteroatoms. The van der Waals surface area contributed by atoms with Crippen molar-refractivity contribution >= 4 is 17.6 Å². The lowest BCUT2D eigenvalue weighted by atomic mass is 10.0. The SMILES string of the molecule is C[C@H]1[C@@H](c2ccccc2)N(C(=O)CN=C(c2ccccc2)c2ccccc2)C(=O)N1C. The van der Waals surface area contributed by atoms with E-state index in [1.54, 1.807) is 11.9 Å². The van der Waals surface area contributed by atoms with Gasteiger partial charge in [-0.3, -0.25) is 14.7 Å². The fourth-order valence-corrected chi connectivity index (χ4v) is 3.99. The van der Waals surface area contributed by atoms with Gasteiger partial charge in [-0.15, -0.1) is 0 Å². The number of benzene rings is 3. The Morgan fingerprint density at radius 1 is 0.839 bits per heavy atom. The maximum atomic E-state index is 13.3. The molecule has 1 aliphatic heterocycles.